The molecular formula is C12H20O. The van der Waals surface area contributed by atoms with Crippen molar-refractivity contribution in [2.75, 3.05) is 13.2 Å². The molecule has 0 saturated carbocycles. The molecule has 0 aromatic rings. The lowest BCUT2D eigenvalue weighted by atomic mass is 10.2. The molecule has 0 aliphatic carbocycles. The zero-order valence-electron chi connectivity index (χ0n) is 8.75. The summed E-state index contributed by atoms with van der Waals surface area (Å²) in [5.74, 6) is 0. The fourth-order valence-electron chi connectivity index (χ4n) is 0.873. The highest BCUT2D eigenvalue weighted by Crippen LogP contribution is 1.95. The highest BCUT2D eigenvalue weighted by molar-refractivity contribution is 5.20. The Balaban J connectivity index is 3.40. The van der Waals surface area contributed by atoms with Gasteiger partial charge in [-0.3, -0.25) is 0 Å². The van der Waals surface area contributed by atoms with Crippen LogP contribution in [0.15, 0.2) is 36.5 Å². The molecule has 0 aliphatic rings. The summed E-state index contributed by atoms with van der Waals surface area (Å²) in [7, 11) is 0. The molecule has 0 bridgehead atoms. The summed E-state index contributed by atoms with van der Waals surface area (Å²) in [6, 6.07) is 0. The zero-order chi connectivity index (χ0) is 9.94. The van der Waals surface area contributed by atoms with Crippen molar-refractivity contribution in [1.29, 1.82) is 0 Å². The maximum Gasteiger partial charge on any atom is 0.0650 e. The molecular weight excluding hydrogens is 160 g/mol. The molecule has 0 rings (SSSR count). The van der Waals surface area contributed by atoms with E-state index in [0.717, 1.165) is 13.0 Å². The molecule has 0 fully saturated rings. The van der Waals surface area contributed by atoms with Crippen LogP contribution in [0.25, 0.3) is 0 Å². The van der Waals surface area contributed by atoms with Crippen LogP contribution in [0.4, 0.5) is 0 Å². The first kappa shape index (κ1) is 12.2. The maximum absolute atomic E-state index is 5.36. The molecule has 0 aliphatic heterocycles. The zero-order valence-corrected chi connectivity index (χ0v) is 8.75. The number of allylic oxidation sites excluding steroid dienone is 4. The first-order chi connectivity index (χ1) is 6.31. The Labute approximate surface area is 81.8 Å². The third kappa shape index (κ3) is 9.09. The van der Waals surface area contributed by atoms with E-state index in [1.165, 1.54) is 12.0 Å². The average Bonchev–Trinajstić information content (AvgIpc) is 2.11. The van der Waals surface area contributed by atoms with E-state index in [9.17, 15) is 0 Å². The Morgan fingerprint density at radius 3 is 2.85 bits per heavy atom. The maximum atomic E-state index is 5.36. The minimum absolute atomic E-state index is 0.711. The van der Waals surface area contributed by atoms with Crippen LogP contribution < -0.4 is 0 Å². The van der Waals surface area contributed by atoms with Crippen molar-refractivity contribution in [3.05, 3.63) is 36.5 Å². The van der Waals surface area contributed by atoms with Gasteiger partial charge in [0.2, 0.25) is 0 Å². The standard InChI is InChI=1S/C12H20O/c1-4-6-10-13-11-7-9-12(3)8-5-2/h5,7-9H,2,4,6,10-11H2,1,3H3/b9-7-,12-8-. The highest BCUT2D eigenvalue weighted by Gasteiger charge is 1.83. The Hall–Kier alpha value is -0.820. The Bertz CT molecular complexity index is 178. The summed E-state index contributed by atoms with van der Waals surface area (Å²) in [6.45, 7) is 9.41. The summed E-state index contributed by atoms with van der Waals surface area (Å²) in [6.07, 6.45) is 10.2. The van der Waals surface area contributed by atoms with E-state index in [2.05, 4.69) is 13.5 Å². The molecule has 0 N–H and O–H groups in total. The number of rotatable bonds is 7. The number of hydrogen-bond acceptors (Lipinski definition) is 1. The van der Waals surface area contributed by atoms with E-state index < -0.39 is 0 Å². The lowest BCUT2D eigenvalue weighted by Gasteiger charge is -1.97. The fraction of sp³-hybridized carbons (Fsp3) is 0.500. The predicted molar refractivity (Wildman–Crippen MR) is 58.8 cm³/mol. The second-order valence-corrected chi connectivity index (χ2v) is 2.98. The molecule has 0 amide bonds. The molecule has 0 unspecified atom stereocenters. The van der Waals surface area contributed by atoms with Gasteiger partial charge in [-0.1, -0.05) is 49.8 Å². The Kier molecular flexibility index (Phi) is 8.68. The van der Waals surface area contributed by atoms with Crippen molar-refractivity contribution in [3.8, 4) is 0 Å². The minimum Gasteiger partial charge on any atom is -0.377 e. The van der Waals surface area contributed by atoms with Crippen molar-refractivity contribution in [3.63, 3.8) is 0 Å². The number of hydrogen-bond donors (Lipinski definition) is 0. The van der Waals surface area contributed by atoms with Gasteiger partial charge in [0.1, 0.15) is 0 Å². The first-order valence-corrected chi connectivity index (χ1v) is 4.84. The lowest BCUT2D eigenvalue weighted by molar-refractivity contribution is 0.159. The molecule has 1 nitrogen and oxygen atoms in total. The van der Waals surface area contributed by atoms with Gasteiger partial charge in [0, 0.05) is 6.61 Å². The second kappa shape index (κ2) is 9.27. The lowest BCUT2D eigenvalue weighted by Crippen LogP contribution is -1.92. The van der Waals surface area contributed by atoms with Gasteiger partial charge in [-0.25, -0.2) is 0 Å². The van der Waals surface area contributed by atoms with Crippen LogP contribution in [0, 0.1) is 0 Å². The van der Waals surface area contributed by atoms with E-state index in [0.29, 0.717) is 6.61 Å². The first-order valence-electron chi connectivity index (χ1n) is 4.84. The average molecular weight is 180 g/mol. The number of ether oxygens (including phenoxy) is 1. The van der Waals surface area contributed by atoms with E-state index in [4.69, 9.17) is 4.74 Å². The molecule has 74 valence electrons. The minimum atomic E-state index is 0.711. The second-order valence-electron chi connectivity index (χ2n) is 2.98. The van der Waals surface area contributed by atoms with Crippen LogP contribution in [0.3, 0.4) is 0 Å². The smallest absolute Gasteiger partial charge is 0.0650 e. The fourth-order valence-corrected chi connectivity index (χ4v) is 0.873. The summed E-state index contributed by atoms with van der Waals surface area (Å²) < 4.78 is 5.36. The van der Waals surface area contributed by atoms with Gasteiger partial charge in [0.05, 0.1) is 6.61 Å². The van der Waals surface area contributed by atoms with Crippen LogP contribution >= 0.6 is 0 Å². The Morgan fingerprint density at radius 1 is 1.46 bits per heavy atom. The van der Waals surface area contributed by atoms with Crippen LogP contribution in [0.2, 0.25) is 0 Å². The summed E-state index contributed by atoms with van der Waals surface area (Å²) >= 11 is 0. The third-order valence-electron chi connectivity index (χ3n) is 1.62. The van der Waals surface area contributed by atoms with Crippen molar-refractivity contribution in [2.24, 2.45) is 0 Å². The molecule has 13 heavy (non-hydrogen) atoms. The van der Waals surface area contributed by atoms with E-state index in [-0.39, 0.29) is 0 Å². The summed E-state index contributed by atoms with van der Waals surface area (Å²) in [5.41, 5.74) is 1.20. The van der Waals surface area contributed by atoms with E-state index in [1.807, 2.05) is 25.2 Å². The van der Waals surface area contributed by atoms with Crippen LogP contribution in [0.5, 0.6) is 0 Å². The molecule has 0 radical (unpaired) electrons. The van der Waals surface area contributed by atoms with E-state index in [1.54, 1.807) is 6.08 Å². The molecule has 0 atom stereocenters. The summed E-state index contributed by atoms with van der Waals surface area (Å²) in [4.78, 5) is 0. The van der Waals surface area contributed by atoms with Crippen LogP contribution in [-0.2, 0) is 4.74 Å². The largest absolute Gasteiger partial charge is 0.377 e. The molecule has 0 aromatic heterocycles. The molecule has 0 spiro atoms. The van der Waals surface area contributed by atoms with Gasteiger partial charge < -0.3 is 4.74 Å². The van der Waals surface area contributed by atoms with Gasteiger partial charge in [-0.2, -0.15) is 0 Å². The van der Waals surface area contributed by atoms with Gasteiger partial charge in [-0.05, 0) is 13.3 Å². The SMILES string of the molecule is C=C/C=C(C)\C=C/COCCCC. The van der Waals surface area contributed by atoms with E-state index >= 15 is 0 Å². The molecule has 0 saturated heterocycles. The highest BCUT2D eigenvalue weighted by atomic mass is 16.5. The van der Waals surface area contributed by atoms with Crippen molar-refractivity contribution in [1.82, 2.24) is 0 Å². The predicted octanol–water partition coefficient (Wildman–Crippen LogP) is 3.49. The monoisotopic (exact) mass is 180 g/mol. The van der Waals surface area contributed by atoms with Gasteiger partial charge in [-0.15, -0.1) is 0 Å². The Morgan fingerprint density at radius 2 is 2.23 bits per heavy atom. The topological polar surface area (TPSA) is 9.23 Å². The van der Waals surface area contributed by atoms with Crippen molar-refractivity contribution < 1.29 is 4.74 Å². The van der Waals surface area contributed by atoms with Gasteiger partial charge in [0.25, 0.3) is 0 Å². The van der Waals surface area contributed by atoms with Crippen molar-refractivity contribution >= 4 is 0 Å². The summed E-state index contributed by atoms with van der Waals surface area (Å²) in [5, 5.41) is 0. The molecule has 1 heteroatoms. The molecule has 0 aromatic carbocycles. The molecule has 0 heterocycles. The van der Waals surface area contributed by atoms with Crippen LogP contribution in [0.1, 0.15) is 26.7 Å². The third-order valence-corrected chi connectivity index (χ3v) is 1.62. The van der Waals surface area contributed by atoms with Crippen LogP contribution in [-0.4, -0.2) is 13.2 Å². The normalized spacial score (nSPS) is 12.3. The quantitative estimate of drug-likeness (QED) is 0.430. The van der Waals surface area contributed by atoms with Crippen molar-refractivity contribution in [2.45, 2.75) is 26.7 Å². The van der Waals surface area contributed by atoms with Gasteiger partial charge >= 0.3 is 0 Å². The van der Waals surface area contributed by atoms with Gasteiger partial charge in [0.15, 0.2) is 0 Å². The number of unbranched alkanes of at least 4 members (excludes halogenated alkanes) is 1.